The lowest BCUT2D eigenvalue weighted by atomic mass is 10.1. The van der Waals surface area contributed by atoms with E-state index in [0.717, 1.165) is 11.1 Å². The van der Waals surface area contributed by atoms with Gasteiger partial charge < -0.3 is 14.2 Å². The lowest BCUT2D eigenvalue weighted by Crippen LogP contribution is -2.16. The first-order valence-electron chi connectivity index (χ1n) is 4.89. The van der Waals surface area contributed by atoms with Crippen molar-refractivity contribution in [1.29, 1.82) is 0 Å². The van der Waals surface area contributed by atoms with Gasteiger partial charge in [-0.25, -0.2) is 0 Å². The minimum atomic E-state index is -3.32. The van der Waals surface area contributed by atoms with Crippen LogP contribution in [0.25, 0.3) is 0 Å². The van der Waals surface area contributed by atoms with E-state index in [0.29, 0.717) is 10.9 Å². The van der Waals surface area contributed by atoms with Gasteiger partial charge in [0, 0.05) is 19.8 Å². The normalized spacial score (nSPS) is 11.8. The van der Waals surface area contributed by atoms with E-state index in [9.17, 15) is 9.67 Å². The molecule has 1 N–H and O–H groups in total. The van der Waals surface area contributed by atoms with E-state index in [1.165, 1.54) is 14.2 Å². The Morgan fingerprint density at radius 2 is 1.62 bits per heavy atom. The first kappa shape index (κ1) is 13.2. The molecule has 1 aromatic carbocycles. The molecule has 5 heteroatoms. The molecule has 0 heterocycles. The SMILES string of the molecule is COP(=O)(OC)c1c(C)cc(C)c(O)c1C. The first-order valence-corrected chi connectivity index (χ1v) is 6.43. The second-order valence-corrected chi connectivity index (χ2v) is 5.87. The molecule has 0 radical (unpaired) electrons. The number of hydrogen-bond donors (Lipinski definition) is 1. The number of rotatable bonds is 3. The highest BCUT2D eigenvalue weighted by molar-refractivity contribution is 7.62. The highest BCUT2D eigenvalue weighted by Crippen LogP contribution is 2.48. The van der Waals surface area contributed by atoms with Crippen LogP contribution < -0.4 is 5.30 Å². The molecule has 0 atom stereocenters. The summed E-state index contributed by atoms with van der Waals surface area (Å²) in [5, 5.41) is 10.3. The molecule has 90 valence electrons. The maximum Gasteiger partial charge on any atom is 0.361 e. The zero-order valence-electron chi connectivity index (χ0n) is 10.2. The monoisotopic (exact) mass is 244 g/mol. The third-order valence-electron chi connectivity index (χ3n) is 2.65. The summed E-state index contributed by atoms with van der Waals surface area (Å²) in [4.78, 5) is 0. The Hall–Kier alpha value is -0.830. The van der Waals surface area contributed by atoms with Crippen LogP contribution in [-0.4, -0.2) is 19.3 Å². The van der Waals surface area contributed by atoms with Crippen molar-refractivity contribution in [3.05, 3.63) is 22.8 Å². The molecule has 0 aliphatic carbocycles. The topological polar surface area (TPSA) is 55.8 Å². The van der Waals surface area contributed by atoms with Crippen molar-refractivity contribution in [3.63, 3.8) is 0 Å². The molecular formula is C11H17O4P. The quantitative estimate of drug-likeness (QED) is 0.829. The second-order valence-electron chi connectivity index (χ2n) is 3.70. The van der Waals surface area contributed by atoms with Crippen LogP contribution in [0, 0.1) is 20.8 Å². The van der Waals surface area contributed by atoms with E-state index in [2.05, 4.69) is 0 Å². The molecule has 0 unspecified atom stereocenters. The molecule has 1 aromatic rings. The Balaban J connectivity index is 3.57. The molecule has 16 heavy (non-hydrogen) atoms. The highest BCUT2D eigenvalue weighted by Gasteiger charge is 2.30. The summed E-state index contributed by atoms with van der Waals surface area (Å²) in [5.41, 5.74) is 2.09. The Morgan fingerprint density at radius 1 is 1.12 bits per heavy atom. The Bertz CT molecular complexity index is 446. The first-order chi connectivity index (χ1) is 7.37. The molecular weight excluding hydrogens is 227 g/mol. The van der Waals surface area contributed by atoms with Crippen molar-refractivity contribution in [3.8, 4) is 5.75 Å². The van der Waals surface area contributed by atoms with Crippen LogP contribution in [-0.2, 0) is 13.6 Å². The van der Waals surface area contributed by atoms with Crippen molar-refractivity contribution in [2.45, 2.75) is 20.8 Å². The molecule has 1 rings (SSSR count). The van der Waals surface area contributed by atoms with Gasteiger partial charge in [0.1, 0.15) is 5.75 Å². The summed E-state index contributed by atoms with van der Waals surface area (Å²) in [6.45, 7) is 5.32. The molecule has 0 aliphatic rings. The largest absolute Gasteiger partial charge is 0.507 e. The van der Waals surface area contributed by atoms with E-state index in [4.69, 9.17) is 9.05 Å². The third-order valence-corrected chi connectivity index (χ3v) is 4.84. The molecule has 0 spiro atoms. The minimum absolute atomic E-state index is 0.134. The summed E-state index contributed by atoms with van der Waals surface area (Å²) in [5.74, 6) is 0.134. The van der Waals surface area contributed by atoms with Gasteiger partial charge in [-0.15, -0.1) is 0 Å². The van der Waals surface area contributed by atoms with Gasteiger partial charge >= 0.3 is 7.60 Å². The predicted molar refractivity (Wildman–Crippen MR) is 63.6 cm³/mol. The van der Waals surface area contributed by atoms with E-state index in [-0.39, 0.29) is 5.75 Å². The van der Waals surface area contributed by atoms with Crippen LogP contribution in [0.3, 0.4) is 0 Å². The van der Waals surface area contributed by atoms with Gasteiger partial charge in [-0.2, -0.15) is 0 Å². The zero-order chi connectivity index (χ0) is 12.5. The maximum atomic E-state index is 12.3. The summed E-state index contributed by atoms with van der Waals surface area (Å²) in [6.07, 6.45) is 0. The van der Waals surface area contributed by atoms with Gasteiger partial charge in [-0.05, 0) is 31.9 Å². The molecule has 0 fully saturated rings. The molecule has 0 saturated heterocycles. The fourth-order valence-electron chi connectivity index (χ4n) is 1.84. The summed E-state index contributed by atoms with van der Waals surface area (Å²) in [7, 11) is -0.649. The van der Waals surface area contributed by atoms with Crippen LogP contribution in [0.4, 0.5) is 0 Å². The Labute approximate surface area is 95.7 Å². The van der Waals surface area contributed by atoms with Crippen LogP contribution in [0.2, 0.25) is 0 Å². The fourth-order valence-corrected chi connectivity index (χ4v) is 3.37. The molecule has 0 aromatic heterocycles. The van der Waals surface area contributed by atoms with Gasteiger partial charge in [0.25, 0.3) is 0 Å². The number of aryl methyl sites for hydroxylation is 2. The Morgan fingerprint density at radius 3 is 2.06 bits per heavy atom. The van der Waals surface area contributed by atoms with Gasteiger partial charge in [-0.3, -0.25) is 4.57 Å². The van der Waals surface area contributed by atoms with Crippen LogP contribution in [0.1, 0.15) is 16.7 Å². The lowest BCUT2D eigenvalue weighted by Gasteiger charge is -2.20. The predicted octanol–water partition coefficient (Wildman–Crippen LogP) is 2.43. The van der Waals surface area contributed by atoms with Crippen LogP contribution in [0.5, 0.6) is 5.75 Å². The van der Waals surface area contributed by atoms with Gasteiger partial charge in [0.15, 0.2) is 0 Å². The smallest absolute Gasteiger partial charge is 0.361 e. The van der Waals surface area contributed by atoms with E-state index < -0.39 is 7.60 Å². The van der Waals surface area contributed by atoms with Crippen molar-refractivity contribution in [1.82, 2.24) is 0 Å². The van der Waals surface area contributed by atoms with Crippen LogP contribution >= 0.6 is 7.60 Å². The van der Waals surface area contributed by atoms with Crippen molar-refractivity contribution in [2.75, 3.05) is 14.2 Å². The van der Waals surface area contributed by atoms with E-state index in [1.54, 1.807) is 19.9 Å². The molecule has 0 bridgehead atoms. The van der Waals surface area contributed by atoms with E-state index >= 15 is 0 Å². The molecule has 0 amide bonds. The van der Waals surface area contributed by atoms with E-state index in [1.807, 2.05) is 6.92 Å². The van der Waals surface area contributed by atoms with Gasteiger partial charge in [0.2, 0.25) is 0 Å². The maximum absolute atomic E-state index is 12.3. The van der Waals surface area contributed by atoms with Gasteiger partial charge in [-0.1, -0.05) is 6.07 Å². The minimum Gasteiger partial charge on any atom is -0.507 e. The molecule has 0 aliphatic heterocycles. The third kappa shape index (κ3) is 2.01. The van der Waals surface area contributed by atoms with Crippen molar-refractivity contribution in [2.24, 2.45) is 0 Å². The second kappa shape index (κ2) is 4.58. The summed E-state index contributed by atoms with van der Waals surface area (Å²) < 4.78 is 22.2. The van der Waals surface area contributed by atoms with Crippen LogP contribution in [0.15, 0.2) is 6.07 Å². The number of phenolic OH excluding ortho intramolecular Hbond substituents is 1. The standard InChI is InChI=1S/C11H17O4P/c1-7-6-8(2)11(9(3)10(7)12)16(13,14-4)15-5/h6,12H,1-5H3. The Kier molecular flexibility index (Phi) is 3.79. The van der Waals surface area contributed by atoms with Crippen molar-refractivity contribution >= 4 is 12.9 Å². The van der Waals surface area contributed by atoms with Gasteiger partial charge in [0.05, 0.1) is 5.30 Å². The number of hydrogen-bond acceptors (Lipinski definition) is 4. The number of phenols is 1. The zero-order valence-corrected chi connectivity index (χ0v) is 11.1. The molecule has 4 nitrogen and oxygen atoms in total. The lowest BCUT2D eigenvalue weighted by molar-refractivity contribution is 0.287. The number of aromatic hydroxyl groups is 1. The van der Waals surface area contributed by atoms with Crippen molar-refractivity contribution < 1.29 is 18.7 Å². The fraction of sp³-hybridized carbons (Fsp3) is 0.455. The molecule has 0 saturated carbocycles. The number of benzene rings is 1. The highest BCUT2D eigenvalue weighted by atomic mass is 31.2. The summed E-state index contributed by atoms with van der Waals surface area (Å²) >= 11 is 0. The average molecular weight is 244 g/mol. The summed E-state index contributed by atoms with van der Waals surface area (Å²) in [6, 6.07) is 1.77. The average Bonchev–Trinajstić information content (AvgIpc) is 2.25.